The first-order chi connectivity index (χ1) is 19.8. The topological polar surface area (TPSA) is 135 Å². The highest BCUT2D eigenvalue weighted by atomic mass is 35.5. The summed E-state index contributed by atoms with van der Waals surface area (Å²) < 4.78 is 41.0. The largest absolute Gasteiger partial charge is 0.497 e. The maximum absolute atomic E-state index is 13.8. The summed E-state index contributed by atoms with van der Waals surface area (Å²) in [5, 5.41) is 10.2. The number of fused-ring (bicyclic) bond motifs is 1. The first-order valence-corrected chi connectivity index (χ1v) is 14.3. The van der Waals surface area contributed by atoms with E-state index in [1.165, 1.54) is 20.3 Å². The van der Waals surface area contributed by atoms with Gasteiger partial charge in [-0.2, -0.15) is 5.10 Å². The summed E-state index contributed by atoms with van der Waals surface area (Å²) in [5.41, 5.74) is 3.73. The summed E-state index contributed by atoms with van der Waals surface area (Å²) in [6.07, 6.45) is 3.17. The number of hydrogen-bond donors (Lipinski definition) is 3. The van der Waals surface area contributed by atoms with Gasteiger partial charge in [0, 0.05) is 46.2 Å². The Hall–Kier alpha value is -4.45. The molecule has 0 aliphatic heterocycles. The van der Waals surface area contributed by atoms with Crippen molar-refractivity contribution < 1.29 is 22.7 Å². The molecule has 1 amide bonds. The van der Waals surface area contributed by atoms with Crippen molar-refractivity contribution >= 4 is 44.3 Å². The van der Waals surface area contributed by atoms with Crippen molar-refractivity contribution in [2.24, 2.45) is 0 Å². The van der Waals surface area contributed by atoms with Crippen molar-refractivity contribution in [3.05, 3.63) is 95.3 Å². The number of amides is 1. The van der Waals surface area contributed by atoms with Gasteiger partial charge in [0.05, 0.1) is 37.2 Å². The monoisotopic (exact) mass is 591 g/mol. The third-order valence-corrected chi connectivity index (χ3v) is 8.25. The molecular formula is C29H26ClN5O5S. The van der Waals surface area contributed by atoms with Gasteiger partial charge in [-0.15, -0.1) is 0 Å². The molecule has 2 heterocycles. The second-order valence-electron chi connectivity index (χ2n) is 9.02. The number of benzene rings is 3. The van der Waals surface area contributed by atoms with Crippen molar-refractivity contribution in [1.29, 1.82) is 0 Å². The average Bonchev–Trinajstić information content (AvgIpc) is 3.46. The first-order valence-electron chi connectivity index (χ1n) is 12.5. The maximum Gasteiger partial charge on any atom is 0.241 e. The minimum atomic E-state index is -4.12. The standard InChI is InChI=1S/C29H26ClN5O5S/c1-39-21-9-7-19(26(15-21)40-2)16-33-41(37,38)27-14-20(34-28(36)13-18-5-3-4-6-24(18)30)8-10-22(27)23-11-12-31-25-17-32-35-29(23)25/h3-12,14-15,17,33H,13,16H2,1-2H3,(H,32,35)(H,34,36). The molecule has 0 saturated carbocycles. The Kier molecular flexibility index (Phi) is 8.20. The lowest BCUT2D eigenvalue weighted by molar-refractivity contribution is -0.115. The van der Waals surface area contributed by atoms with Crippen LogP contribution in [0.1, 0.15) is 11.1 Å². The molecule has 12 heteroatoms. The van der Waals surface area contributed by atoms with Gasteiger partial charge in [0.1, 0.15) is 17.0 Å². The summed E-state index contributed by atoms with van der Waals surface area (Å²) in [6, 6.07) is 18.6. The number of H-pyrrole nitrogens is 1. The van der Waals surface area contributed by atoms with Crippen molar-refractivity contribution in [3.8, 4) is 22.6 Å². The van der Waals surface area contributed by atoms with Gasteiger partial charge < -0.3 is 14.8 Å². The fraction of sp³-hybridized carbons (Fsp3) is 0.138. The number of nitrogens with one attached hydrogen (secondary N) is 3. The number of anilines is 1. The number of nitrogens with zero attached hydrogens (tertiary/aromatic N) is 2. The number of aromatic amines is 1. The number of carbonyl (C=O) groups is 1. The molecule has 3 N–H and O–H groups in total. The molecule has 0 atom stereocenters. The lowest BCUT2D eigenvalue weighted by atomic mass is 10.0. The van der Waals surface area contributed by atoms with E-state index in [0.717, 1.165) is 0 Å². The van der Waals surface area contributed by atoms with Crippen LogP contribution >= 0.6 is 11.6 Å². The molecule has 10 nitrogen and oxygen atoms in total. The summed E-state index contributed by atoms with van der Waals surface area (Å²) in [4.78, 5) is 17.1. The van der Waals surface area contributed by atoms with Crippen LogP contribution in [0.15, 0.2) is 84.0 Å². The van der Waals surface area contributed by atoms with E-state index < -0.39 is 10.0 Å². The van der Waals surface area contributed by atoms with Crippen LogP contribution in [-0.4, -0.2) is 43.7 Å². The second-order valence-corrected chi connectivity index (χ2v) is 11.2. The molecule has 0 saturated heterocycles. The predicted octanol–water partition coefficient (Wildman–Crippen LogP) is 4.96. The van der Waals surface area contributed by atoms with E-state index in [1.807, 2.05) is 0 Å². The molecule has 5 aromatic rings. The van der Waals surface area contributed by atoms with E-state index in [9.17, 15) is 13.2 Å². The third kappa shape index (κ3) is 6.17. The number of pyridine rings is 1. The third-order valence-electron chi connectivity index (χ3n) is 6.44. The number of methoxy groups -OCH3 is 2. The van der Waals surface area contributed by atoms with Crippen LogP contribution < -0.4 is 19.5 Å². The highest BCUT2D eigenvalue weighted by molar-refractivity contribution is 7.89. The Morgan fingerprint density at radius 1 is 0.976 bits per heavy atom. The van der Waals surface area contributed by atoms with Crippen molar-refractivity contribution in [1.82, 2.24) is 19.9 Å². The Morgan fingerprint density at radius 2 is 1.80 bits per heavy atom. The zero-order chi connectivity index (χ0) is 29.0. The number of halogens is 1. The van der Waals surface area contributed by atoms with E-state index in [1.54, 1.807) is 73.1 Å². The summed E-state index contributed by atoms with van der Waals surface area (Å²) >= 11 is 6.21. The number of sulfonamides is 1. The number of aromatic nitrogens is 3. The molecule has 3 aromatic carbocycles. The van der Waals surface area contributed by atoms with E-state index in [0.29, 0.717) is 55.5 Å². The van der Waals surface area contributed by atoms with Gasteiger partial charge in [0.25, 0.3) is 0 Å². The number of rotatable bonds is 10. The SMILES string of the molecule is COc1ccc(CNS(=O)(=O)c2cc(NC(=O)Cc3ccccc3Cl)ccc2-c2ccnc3cn[nH]c23)c(OC)c1. The van der Waals surface area contributed by atoms with E-state index in [4.69, 9.17) is 21.1 Å². The zero-order valence-corrected chi connectivity index (χ0v) is 23.7. The molecule has 0 unspecified atom stereocenters. The summed E-state index contributed by atoms with van der Waals surface area (Å²) in [7, 11) is -1.08. The molecule has 210 valence electrons. The van der Waals surface area contributed by atoms with Gasteiger partial charge in [0.15, 0.2) is 0 Å². The first kappa shape index (κ1) is 28.1. The van der Waals surface area contributed by atoms with Gasteiger partial charge in [-0.05, 0) is 35.9 Å². The predicted molar refractivity (Wildman–Crippen MR) is 157 cm³/mol. The van der Waals surface area contributed by atoms with Gasteiger partial charge in [0.2, 0.25) is 15.9 Å². The molecule has 0 fully saturated rings. The van der Waals surface area contributed by atoms with Gasteiger partial charge in [-0.3, -0.25) is 14.9 Å². The Labute approximate surface area is 241 Å². The van der Waals surface area contributed by atoms with E-state index in [-0.39, 0.29) is 23.8 Å². The van der Waals surface area contributed by atoms with Crippen molar-refractivity contribution in [3.63, 3.8) is 0 Å². The van der Waals surface area contributed by atoms with Gasteiger partial charge in [-0.1, -0.05) is 41.9 Å². The fourth-order valence-corrected chi connectivity index (χ4v) is 5.84. The van der Waals surface area contributed by atoms with Crippen LogP contribution in [0.2, 0.25) is 5.02 Å². The second kappa shape index (κ2) is 12.0. The summed E-state index contributed by atoms with van der Waals surface area (Å²) in [6.45, 7) is -0.0478. The molecule has 0 spiro atoms. The number of carbonyl (C=O) groups excluding carboxylic acids is 1. The van der Waals surface area contributed by atoms with E-state index >= 15 is 0 Å². The molecule has 41 heavy (non-hydrogen) atoms. The Balaban J connectivity index is 1.50. The lowest BCUT2D eigenvalue weighted by Crippen LogP contribution is -2.24. The molecule has 2 aromatic heterocycles. The lowest BCUT2D eigenvalue weighted by Gasteiger charge is -2.16. The molecule has 0 aliphatic rings. The zero-order valence-electron chi connectivity index (χ0n) is 22.1. The molecule has 0 radical (unpaired) electrons. The minimum Gasteiger partial charge on any atom is -0.497 e. The quantitative estimate of drug-likeness (QED) is 0.209. The van der Waals surface area contributed by atoms with Gasteiger partial charge >= 0.3 is 0 Å². The number of ether oxygens (including phenoxy) is 2. The molecular weight excluding hydrogens is 566 g/mol. The minimum absolute atomic E-state index is 0.0259. The highest BCUT2D eigenvalue weighted by Gasteiger charge is 2.23. The van der Waals surface area contributed by atoms with Crippen LogP contribution in [0, 0.1) is 0 Å². The average molecular weight is 592 g/mol. The molecule has 5 rings (SSSR count). The smallest absolute Gasteiger partial charge is 0.241 e. The van der Waals surface area contributed by atoms with Crippen LogP contribution in [0.25, 0.3) is 22.2 Å². The van der Waals surface area contributed by atoms with Crippen LogP contribution in [0.5, 0.6) is 11.5 Å². The Morgan fingerprint density at radius 3 is 2.59 bits per heavy atom. The molecule has 0 aliphatic carbocycles. The van der Waals surface area contributed by atoms with Crippen LogP contribution in [-0.2, 0) is 27.8 Å². The normalized spacial score (nSPS) is 11.4. The highest BCUT2D eigenvalue weighted by Crippen LogP contribution is 2.34. The fourth-order valence-electron chi connectivity index (χ4n) is 4.39. The van der Waals surface area contributed by atoms with E-state index in [2.05, 4.69) is 25.2 Å². The van der Waals surface area contributed by atoms with Crippen LogP contribution in [0.4, 0.5) is 5.69 Å². The van der Waals surface area contributed by atoms with Crippen molar-refractivity contribution in [2.45, 2.75) is 17.9 Å². The summed E-state index contributed by atoms with van der Waals surface area (Å²) in [5.74, 6) is 0.711. The van der Waals surface area contributed by atoms with Gasteiger partial charge in [-0.25, -0.2) is 13.1 Å². The number of hydrogen-bond acceptors (Lipinski definition) is 7. The van der Waals surface area contributed by atoms with Crippen LogP contribution in [0.3, 0.4) is 0 Å². The Bertz CT molecular complexity index is 1840. The molecule has 0 bridgehead atoms. The maximum atomic E-state index is 13.8. The van der Waals surface area contributed by atoms with Crippen molar-refractivity contribution in [2.75, 3.05) is 19.5 Å².